The molecule has 2 atom stereocenters. The molecule has 2 aromatic rings. The molecule has 1 aliphatic rings. The van der Waals surface area contributed by atoms with E-state index in [9.17, 15) is 9.59 Å². The number of nitrogens with one attached hydrogen (secondary N) is 1. The highest BCUT2D eigenvalue weighted by atomic mass is 16.5. The first kappa shape index (κ1) is 14.5. The van der Waals surface area contributed by atoms with Gasteiger partial charge in [0.15, 0.2) is 0 Å². The number of aromatic nitrogens is 2. The lowest BCUT2D eigenvalue weighted by Crippen LogP contribution is -2.46. The predicted molar refractivity (Wildman–Crippen MR) is 80.5 cm³/mol. The van der Waals surface area contributed by atoms with Crippen LogP contribution in [-0.4, -0.2) is 40.2 Å². The van der Waals surface area contributed by atoms with Crippen LogP contribution in [0.4, 0.5) is 0 Å². The number of hydrogen-bond acceptors (Lipinski definition) is 4. The molecule has 1 amide bonds. The van der Waals surface area contributed by atoms with E-state index in [-0.39, 0.29) is 29.4 Å². The van der Waals surface area contributed by atoms with Crippen molar-refractivity contribution in [3.8, 4) is 0 Å². The Morgan fingerprint density at radius 1 is 1.23 bits per heavy atom. The van der Waals surface area contributed by atoms with E-state index < -0.39 is 0 Å². The minimum Gasteiger partial charge on any atom is -0.367 e. The Hall–Kier alpha value is -2.47. The maximum atomic E-state index is 12.5. The van der Waals surface area contributed by atoms with Crippen LogP contribution in [0.15, 0.2) is 47.3 Å². The molecule has 2 heterocycles. The van der Waals surface area contributed by atoms with Gasteiger partial charge in [-0.2, -0.15) is 5.10 Å². The molecule has 0 unspecified atom stereocenters. The van der Waals surface area contributed by atoms with E-state index in [1.807, 2.05) is 37.3 Å². The minimum atomic E-state index is -0.325. The van der Waals surface area contributed by atoms with Crippen molar-refractivity contribution >= 4 is 5.91 Å². The van der Waals surface area contributed by atoms with Crippen LogP contribution in [0.2, 0.25) is 0 Å². The molecule has 1 aromatic carbocycles. The van der Waals surface area contributed by atoms with Crippen LogP contribution in [-0.2, 0) is 4.74 Å². The van der Waals surface area contributed by atoms with Crippen LogP contribution in [0.5, 0.6) is 0 Å². The lowest BCUT2D eigenvalue weighted by Gasteiger charge is -2.36. The number of aromatic amines is 1. The molecule has 3 rings (SSSR count). The third-order valence-electron chi connectivity index (χ3n) is 3.62. The van der Waals surface area contributed by atoms with Crippen molar-refractivity contribution in [3.63, 3.8) is 0 Å². The molecule has 1 aromatic heterocycles. The molecular weight excluding hydrogens is 282 g/mol. The van der Waals surface area contributed by atoms with Gasteiger partial charge >= 0.3 is 0 Å². The van der Waals surface area contributed by atoms with E-state index in [1.165, 1.54) is 12.1 Å². The van der Waals surface area contributed by atoms with Crippen LogP contribution >= 0.6 is 0 Å². The van der Waals surface area contributed by atoms with Gasteiger partial charge in [0.05, 0.1) is 12.6 Å². The highest BCUT2D eigenvalue weighted by molar-refractivity contribution is 5.92. The van der Waals surface area contributed by atoms with Gasteiger partial charge in [-0.05, 0) is 18.6 Å². The summed E-state index contributed by atoms with van der Waals surface area (Å²) < 4.78 is 5.94. The van der Waals surface area contributed by atoms with Crippen molar-refractivity contribution in [2.75, 3.05) is 13.1 Å². The van der Waals surface area contributed by atoms with Crippen molar-refractivity contribution in [1.82, 2.24) is 15.1 Å². The van der Waals surface area contributed by atoms with Crippen molar-refractivity contribution in [1.29, 1.82) is 0 Å². The molecule has 1 N–H and O–H groups in total. The van der Waals surface area contributed by atoms with Crippen LogP contribution in [0.1, 0.15) is 29.1 Å². The first-order chi connectivity index (χ1) is 10.6. The van der Waals surface area contributed by atoms with Crippen molar-refractivity contribution in [2.24, 2.45) is 0 Å². The molecule has 1 fully saturated rings. The zero-order chi connectivity index (χ0) is 15.5. The van der Waals surface area contributed by atoms with E-state index in [2.05, 4.69) is 10.2 Å². The fraction of sp³-hybridized carbons (Fsp3) is 0.312. The number of ether oxygens (including phenoxy) is 1. The fourth-order valence-electron chi connectivity index (χ4n) is 2.59. The Morgan fingerprint density at radius 3 is 2.68 bits per heavy atom. The molecule has 1 saturated heterocycles. The van der Waals surface area contributed by atoms with Gasteiger partial charge in [-0.3, -0.25) is 9.59 Å². The molecule has 0 radical (unpaired) electrons. The average molecular weight is 299 g/mol. The smallest absolute Gasteiger partial charge is 0.274 e. The molecule has 0 aliphatic carbocycles. The van der Waals surface area contributed by atoms with Crippen molar-refractivity contribution in [2.45, 2.75) is 19.1 Å². The Morgan fingerprint density at radius 2 is 2.00 bits per heavy atom. The molecule has 0 spiro atoms. The summed E-state index contributed by atoms with van der Waals surface area (Å²) in [6.45, 7) is 2.91. The van der Waals surface area contributed by atoms with Gasteiger partial charge < -0.3 is 9.64 Å². The van der Waals surface area contributed by atoms with E-state index in [1.54, 1.807) is 4.90 Å². The Labute approximate surface area is 127 Å². The second-order valence-electron chi connectivity index (χ2n) is 5.36. The van der Waals surface area contributed by atoms with Gasteiger partial charge in [0.2, 0.25) is 0 Å². The van der Waals surface area contributed by atoms with Gasteiger partial charge in [0.25, 0.3) is 11.5 Å². The Bertz CT molecular complexity index is 694. The molecule has 6 nitrogen and oxygen atoms in total. The fourth-order valence-corrected chi connectivity index (χ4v) is 2.59. The Kier molecular flexibility index (Phi) is 4.02. The Balaban J connectivity index is 1.80. The monoisotopic (exact) mass is 299 g/mol. The largest absolute Gasteiger partial charge is 0.367 e. The van der Waals surface area contributed by atoms with E-state index in [0.717, 1.165) is 5.56 Å². The summed E-state index contributed by atoms with van der Waals surface area (Å²) in [7, 11) is 0. The van der Waals surface area contributed by atoms with Crippen LogP contribution in [0.25, 0.3) is 0 Å². The summed E-state index contributed by atoms with van der Waals surface area (Å²) in [5.74, 6) is -0.202. The summed E-state index contributed by atoms with van der Waals surface area (Å²) >= 11 is 0. The number of amides is 1. The van der Waals surface area contributed by atoms with E-state index in [4.69, 9.17) is 4.74 Å². The number of carbonyl (C=O) groups is 1. The van der Waals surface area contributed by atoms with Gasteiger partial charge in [-0.15, -0.1) is 0 Å². The zero-order valence-electron chi connectivity index (χ0n) is 12.2. The minimum absolute atomic E-state index is 0.0642. The third-order valence-corrected chi connectivity index (χ3v) is 3.62. The van der Waals surface area contributed by atoms with Crippen molar-refractivity contribution in [3.05, 3.63) is 64.1 Å². The number of hydrogen-bond donors (Lipinski definition) is 1. The highest BCUT2D eigenvalue weighted by Gasteiger charge is 2.30. The maximum absolute atomic E-state index is 12.5. The maximum Gasteiger partial charge on any atom is 0.274 e. The first-order valence-corrected chi connectivity index (χ1v) is 7.19. The zero-order valence-corrected chi connectivity index (χ0v) is 12.2. The quantitative estimate of drug-likeness (QED) is 0.909. The summed E-state index contributed by atoms with van der Waals surface area (Å²) in [6, 6.07) is 12.6. The standard InChI is InChI=1S/C16H17N3O3/c1-11-9-19(16(21)13-7-8-15(20)18-17-13)10-14(22-11)12-5-3-2-4-6-12/h2-8,11,14H,9-10H2,1H3,(H,18,20)/t11-,14+/m0/s1. The summed E-state index contributed by atoms with van der Waals surface area (Å²) in [5.41, 5.74) is 0.954. The molecule has 6 heteroatoms. The number of carbonyl (C=O) groups excluding carboxylic acids is 1. The van der Waals surface area contributed by atoms with Crippen LogP contribution in [0, 0.1) is 0 Å². The number of morpholine rings is 1. The SMILES string of the molecule is C[C@H]1CN(C(=O)c2ccc(=O)[nH]n2)C[C@H](c2ccccc2)O1. The predicted octanol–water partition coefficient (Wildman–Crippen LogP) is 1.37. The van der Waals surface area contributed by atoms with Crippen LogP contribution in [0.3, 0.4) is 0 Å². The van der Waals surface area contributed by atoms with E-state index in [0.29, 0.717) is 13.1 Å². The average Bonchev–Trinajstić information content (AvgIpc) is 2.55. The first-order valence-electron chi connectivity index (χ1n) is 7.19. The molecule has 22 heavy (non-hydrogen) atoms. The second-order valence-corrected chi connectivity index (χ2v) is 5.36. The topological polar surface area (TPSA) is 75.3 Å². The van der Waals surface area contributed by atoms with Crippen LogP contribution < -0.4 is 5.56 Å². The number of benzene rings is 1. The van der Waals surface area contributed by atoms with Gasteiger partial charge in [0, 0.05) is 12.6 Å². The lowest BCUT2D eigenvalue weighted by molar-refractivity contribution is -0.0693. The van der Waals surface area contributed by atoms with Gasteiger partial charge in [-0.1, -0.05) is 30.3 Å². The highest BCUT2D eigenvalue weighted by Crippen LogP contribution is 2.25. The van der Waals surface area contributed by atoms with Crippen molar-refractivity contribution < 1.29 is 9.53 Å². The van der Waals surface area contributed by atoms with E-state index >= 15 is 0 Å². The summed E-state index contributed by atoms with van der Waals surface area (Å²) in [5, 5.41) is 6.10. The lowest BCUT2D eigenvalue weighted by atomic mass is 10.1. The third kappa shape index (κ3) is 3.07. The second kappa shape index (κ2) is 6.11. The number of H-pyrrole nitrogens is 1. The number of rotatable bonds is 2. The summed E-state index contributed by atoms with van der Waals surface area (Å²) in [6.07, 6.45) is -0.220. The normalized spacial score (nSPS) is 21.6. The molecule has 1 aliphatic heterocycles. The summed E-state index contributed by atoms with van der Waals surface area (Å²) in [4.78, 5) is 25.3. The van der Waals surface area contributed by atoms with Gasteiger partial charge in [-0.25, -0.2) is 5.10 Å². The molecule has 114 valence electrons. The molecule has 0 bridgehead atoms. The molecule has 0 saturated carbocycles. The molecular formula is C16H17N3O3. The van der Waals surface area contributed by atoms with Gasteiger partial charge in [0.1, 0.15) is 11.8 Å². The number of nitrogens with zero attached hydrogens (tertiary/aromatic N) is 2.